The number of ether oxygens (including phenoxy) is 1. The molecule has 3 heterocycles. The Bertz CT molecular complexity index is 1060. The van der Waals surface area contributed by atoms with E-state index in [4.69, 9.17) is 4.74 Å². The van der Waals surface area contributed by atoms with Gasteiger partial charge in [-0.15, -0.1) is 0 Å². The Morgan fingerprint density at radius 1 is 1.20 bits per heavy atom. The predicted octanol–water partition coefficient (Wildman–Crippen LogP) is 4.24. The van der Waals surface area contributed by atoms with E-state index in [2.05, 4.69) is 25.6 Å². The van der Waals surface area contributed by atoms with Crippen molar-refractivity contribution in [2.45, 2.75) is 32.4 Å². The van der Waals surface area contributed by atoms with Gasteiger partial charge in [-0.3, -0.25) is 0 Å². The van der Waals surface area contributed by atoms with E-state index in [1.165, 1.54) is 12.1 Å². The van der Waals surface area contributed by atoms with Gasteiger partial charge < -0.3 is 15.4 Å². The number of hydrogen-bond donors (Lipinski definition) is 2. The summed E-state index contributed by atoms with van der Waals surface area (Å²) in [5.74, 6) is 0.0382. The third kappa shape index (κ3) is 3.95. The minimum absolute atomic E-state index is 0.137. The summed E-state index contributed by atoms with van der Waals surface area (Å²) in [6.45, 7) is 5.42. The number of morpholine rings is 1. The summed E-state index contributed by atoms with van der Waals surface area (Å²) in [7, 11) is 0. The summed E-state index contributed by atoms with van der Waals surface area (Å²) in [6, 6.07) is 5.25. The third-order valence-corrected chi connectivity index (χ3v) is 5.13. The van der Waals surface area contributed by atoms with Crippen LogP contribution in [0, 0.1) is 12.7 Å². The van der Waals surface area contributed by atoms with Crippen LogP contribution in [0.4, 0.5) is 19.0 Å². The van der Waals surface area contributed by atoms with Gasteiger partial charge in [0.2, 0.25) is 0 Å². The number of pyridine rings is 1. The average Bonchev–Trinajstić information content (AvgIpc) is 2.73. The van der Waals surface area contributed by atoms with Crippen LogP contribution in [-0.4, -0.2) is 34.6 Å². The highest BCUT2D eigenvalue weighted by Crippen LogP contribution is 2.33. The van der Waals surface area contributed by atoms with Crippen molar-refractivity contribution in [2.24, 2.45) is 0 Å². The van der Waals surface area contributed by atoms with Crippen molar-refractivity contribution in [3.05, 3.63) is 58.8 Å². The fraction of sp³-hybridized carbons (Fsp3) is 0.381. The molecule has 2 unspecified atom stereocenters. The van der Waals surface area contributed by atoms with Gasteiger partial charge in [-0.1, -0.05) is 18.2 Å². The average molecular weight is 417 g/mol. The first-order valence-electron chi connectivity index (χ1n) is 9.74. The lowest BCUT2D eigenvalue weighted by atomic mass is 10.0. The third-order valence-electron chi connectivity index (χ3n) is 5.13. The van der Waals surface area contributed by atoms with E-state index in [0.29, 0.717) is 35.8 Å². The van der Waals surface area contributed by atoms with Gasteiger partial charge in [0.25, 0.3) is 6.43 Å². The molecule has 0 bridgehead atoms. The van der Waals surface area contributed by atoms with Gasteiger partial charge in [0.05, 0.1) is 29.7 Å². The van der Waals surface area contributed by atoms with Gasteiger partial charge in [-0.05, 0) is 25.5 Å². The lowest BCUT2D eigenvalue weighted by Gasteiger charge is -2.26. The molecule has 3 aromatic rings. The topological polar surface area (TPSA) is 72.0 Å². The minimum atomic E-state index is -2.88. The second-order valence-electron chi connectivity index (χ2n) is 7.20. The molecule has 4 rings (SSSR count). The SMILES string of the molecule is Cc1nc(NC(C)c2cccc(C(F)F)c2F)c2c(C3CNCCO3)ccnc2n1. The molecule has 2 aromatic heterocycles. The summed E-state index contributed by atoms with van der Waals surface area (Å²) < 4.78 is 46.8. The molecular weight excluding hydrogens is 395 g/mol. The Morgan fingerprint density at radius 3 is 2.73 bits per heavy atom. The molecule has 0 amide bonds. The number of halogens is 3. The molecule has 1 aliphatic heterocycles. The number of aryl methyl sites for hydroxylation is 1. The maximum Gasteiger partial charge on any atom is 0.266 e. The molecule has 1 fully saturated rings. The van der Waals surface area contributed by atoms with E-state index >= 15 is 0 Å². The predicted molar refractivity (Wildman–Crippen MR) is 107 cm³/mol. The van der Waals surface area contributed by atoms with E-state index in [1.807, 2.05) is 6.07 Å². The Labute approximate surface area is 171 Å². The summed E-state index contributed by atoms with van der Waals surface area (Å²) in [5, 5.41) is 7.14. The smallest absolute Gasteiger partial charge is 0.266 e. The first kappa shape index (κ1) is 20.5. The number of aromatic nitrogens is 3. The van der Waals surface area contributed by atoms with Gasteiger partial charge in [0, 0.05) is 24.8 Å². The largest absolute Gasteiger partial charge is 0.371 e. The fourth-order valence-electron chi connectivity index (χ4n) is 3.68. The molecule has 6 nitrogen and oxygen atoms in total. The number of anilines is 1. The number of nitrogens with zero attached hydrogens (tertiary/aromatic N) is 3. The van der Waals surface area contributed by atoms with Gasteiger partial charge in [-0.2, -0.15) is 0 Å². The fourth-order valence-corrected chi connectivity index (χ4v) is 3.68. The number of rotatable bonds is 5. The lowest BCUT2D eigenvalue weighted by molar-refractivity contribution is 0.0286. The molecule has 1 saturated heterocycles. The zero-order valence-corrected chi connectivity index (χ0v) is 16.6. The van der Waals surface area contributed by atoms with Crippen LogP contribution >= 0.6 is 0 Å². The van der Waals surface area contributed by atoms with Gasteiger partial charge in [0.15, 0.2) is 5.65 Å². The van der Waals surface area contributed by atoms with Crippen LogP contribution in [0.1, 0.15) is 48.0 Å². The molecule has 1 aliphatic rings. The van der Waals surface area contributed by atoms with E-state index in [-0.39, 0.29) is 11.7 Å². The van der Waals surface area contributed by atoms with Gasteiger partial charge in [-0.25, -0.2) is 28.1 Å². The summed E-state index contributed by atoms with van der Waals surface area (Å²) in [6.07, 6.45) is -1.42. The minimum Gasteiger partial charge on any atom is -0.371 e. The maximum atomic E-state index is 14.6. The van der Waals surface area contributed by atoms with Crippen LogP contribution in [0.5, 0.6) is 0 Å². The molecule has 0 saturated carbocycles. The first-order valence-corrected chi connectivity index (χ1v) is 9.74. The van der Waals surface area contributed by atoms with Gasteiger partial charge in [0.1, 0.15) is 17.5 Å². The zero-order chi connectivity index (χ0) is 21.3. The Morgan fingerprint density at radius 2 is 2.00 bits per heavy atom. The number of fused-ring (bicyclic) bond motifs is 1. The number of benzene rings is 1. The Hall–Kier alpha value is -2.78. The van der Waals surface area contributed by atoms with Crippen LogP contribution in [0.2, 0.25) is 0 Å². The molecule has 1 aromatic carbocycles. The molecule has 158 valence electrons. The van der Waals surface area contributed by atoms with E-state index < -0.39 is 23.8 Å². The van der Waals surface area contributed by atoms with Crippen LogP contribution in [-0.2, 0) is 4.74 Å². The van der Waals surface area contributed by atoms with Crippen molar-refractivity contribution in [1.82, 2.24) is 20.3 Å². The van der Waals surface area contributed by atoms with Crippen molar-refractivity contribution >= 4 is 16.9 Å². The summed E-state index contributed by atoms with van der Waals surface area (Å²) in [4.78, 5) is 13.3. The molecule has 0 spiro atoms. The van der Waals surface area contributed by atoms with Gasteiger partial charge >= 0.3 is 0 Å². The summed E-state index contributed by atoms with van der Waals surface area (Å²) >= 11 is 0. The van der Waals surface area contributed by atoms with E-state index in [9.17, 15) is 13.2 Å². The molecule has 2 atom stereocenters. The highest BCUT2D eigenvalue weighted by Gasteiger charge is 2.24. The zero-order valence-electron chi connectivity index (χ0n) is 16.6. The van der Waals surface area contributed by atoms with Crippen molar-refractivity contribution in [3.8, 4) is 0 Å². The quantitative estimate of drug-likeness (QED) is 0.647. The maximum absolute atomic E-state index is 14.6. The molecular formula is C21H22F3N5O. The van der Waals surface area contributed by atoms with Crippen LogP contribution in [0.25, 0.3) is 11.0 Å². The van der Waals surface area contributed by atoms with E-state index in [1.54, 1.807) is 20.0 Å². The normalized spacial score (nSPS) is 18.0. The van der Waals surface area contributed by atoms with Crippen molar-refractivity contribution in [3.63, 3.8) is 0 Å². The number of alkyl halides is 2. The van der Waals surface area contributed by atoms with Crippen molar-refractivity contribution in [1.29, 1.82) is 0 Å². The monoisotopic (exact) mass is 417 g/mol. The van der Waals surface area contributed by atoms with E-state index in [0.717, 1.165) is 18.2 Å². The number of nitrogens with one attached hydrogen (secondary N) is 2. The van der Waals surface area contributed by atoms with Crippen LogP contribution < -0.4 is 10.6 Å². The van der Waals surface area contributed by atoms with Crippen LogP contribution in [0.3, 0.4) is 0 Å². The Kier molecular flexibility index (Phi) is 5.83. The molecule has 2 N–H and O–H groups in total. The Balaban J connectivity index is 1.76. The van der Waals surface area contributed by atoms with Crippen molar-refractivity contribution in [2.75, 3.05) is 25.0 Å². The van der Waals surface area contributed by atoms with Crippen LogP contribution in [0.15, 0.2) is 30.5 Å². The lowest BCUT2D eigenvalue weighted by Crippen LogP contribution is -2.33. The molecule has 30 heavy (non-hydrogen) atoms. The summed E-state index contributed by atoms with van der Waals surface area (Å²) in [5.41, 5.74) is 0.876. The molecule has 0 radical (unpaired) electrons. The standard InChI is InChI=1S/C21H22F3N5O/c1-11(13-4-3-5-15(18(13)22)19(23)24)27-21-17-14(16-10-25-8-9-30-16)6-7-26-20(17)28-12(2)29-21/h3-7,11,16,19,25H,8-10H2,1-2H3,(H,26,27,28,29). The number of hydrogen-bond acceptors (Lipinski definition) is 6. The molecule has 9 heteroatoms. The second kappa shape index (κ2) is 8.53. The van der Waals surface area contributed by atoms with Crippen molar-refractivity contribution < 1.29 is 17.9 Å². The highest BCUT2D eigenvalue weighted by molar-refractivity contribution is 5.90. The molecule has 0 aliphatic carbocycles. The first-order chi connectivity index (χ1) is 14.5. The second-order valence-corrected chi connectivity index (χ2v) is 7.20. The highest BCUT2D eigenvalue weighted by atomic mass is 19.3.